The molecule has 2 aliphatic heterocycles. The van der Waals surface area contributed by atoms with Crippen LogP contribution >= 0.6 is 11.6 Å². The summed E-state index contributed by atoms with van der Waals surface area (Å²) in [6.45, 7) is 6.52. The SMILES string of the molecule is CCN1C2CNC(C2)C1CCOc1cc(F)c2c(-c3ccc(O)c(Cl)c3)nc3[nH]nc(C)c3c2c1OC. The summed E-state index contributed by atoms with van der Waals surface area (Å²) < 4.78 is 28.0. The van der Waals surface area contributed by atoms with Gasteiger partial charge in [0.1, 0.15) is 11.6 Å². The maximum Gasteiger partial charge on any atom is 0.169 e. The molecule has 194 valence electrons. The van der Waals surface area contributed by atoms with Gasteiger partial charge in [0.25, 0.3) is 0 Å². The van der Waals surface area contributed by atoms with Crippen LogP contribution in [0.25, 0.3) is 33.1 Å². The van der Waals surface area contributed by atoms with Crippen molar-refractivity contribution < 1.29 is 19.0 Å². The first-order valence-corrected chi connectivity index (χ1v) is 12.9. The summed E-state index contributed by atoms with van der Waals surface area (Å²) >= 11 is 6.17. The van der Waals surface area contributed by atoms with Crippen molar-refractivity contribution >= 4 is 33.4 Å². The van der Waals surface area contributed by atoms with Gasteiger partial charge in [0, 0.05) is 47.1 Å². The van der Waals surface area contributed by atoms with Gasteiger partial charge in [0.2, 0.25) is 0 Å². The second-order valence-electron chi connectivity index (χ2n) is 9.74. The number of hydrogen-bond donors (Lipinski definition) is 3. The predicted octanol–water partition coefficient (Wildman–Crippen LogP) is 4.80. The second kappa shape index (κ2) is 9.31. The molecule has 0 radical (unpaired) electrons. The number of phenolic OH excluding ortho intramolecular Hbond substituents is 1. The van der Waals surface area contributed by atoms with Crippen LogP contribution in [0, 0.1) is 12.7 Å². The number of fused-ring (bicyclic) bond motifs is 5. The molecular formula is C27H29ClFN5O3. The van der Waals surface area contributed by atoms with E-state index >= 15 is 4.39 Å². The van der Waals surface area contributed by atoms with E-state index in [1.165, 1.54) is 18.6 Å². The maximum absolute atomic E-state index is 15.9. The summed E-state index contributed by atoms with van der Waals surface area (Å²) in [5.74, 6) is 0.221. The van der Waals surface area contributed by atoms with Crippen molar-refractivity contribution in [2.75, 3.05) is 26.8 Å². The number of ether oxygens (including phenoxy) is 2. The highest BCUT2D eigenvalue weighted by Gasteiger charge is 2.44. The Hall–Kier alpha value is -3.14. The molecule has 10 heteroatoms. The van der Waals surface area contributed by atoms with Crippen molar-refractivity contribution in [3.8, 4) is 28.5 Å². The molecule has 2 aromatic heterocycles. The molecular weight excluding hydrogens is 497 g/mol. The van der Waals surface area contributed by atoms with Gasteiger partial charge in [-0.15, -0.1) is 0 Å². The van der Waals surface area contributed by atoms with Crippen molar-refractivity contribution in [1.29, 1.82) is 0 Å². The van der Waals surface area contributed by atoms with E-state index in [0.29, 0.717) is 69.6 Å². The zero-order valence-corrected chi connectivity index (χ0v) is 21.7. The van der Waals surface area contributed by atoms with Gasteiger partial charge in [0.15, 0.2) is 17.1 Å². The van der Waals surface area contributed by atoms with Crippen LogP contribution in [0.5, 0.6) is 17.2 Å². The Labute approximate surface area is 218 Å². The van der Waals surface area contributed by atoms with Gasteiger partial charge < -0.3 is 19.9 Å². The highest BCUT2D eigenvalue weighted by Crippen LogP contribution is 2.45. The first-order chi connectivity index (χ1) is 17.9. The number of piperazine rings is 1. The lowest BCUT2D eigenvalue weighted by atomic mass is 9.99. The Balaban J connectivity index is 1.44. The first-order valence-electron chi connectivity index (χ1n) is 12.6. The number of benzene rings is 2. The van der Waals surface area contributed by atoms with Crippen molar-refractivity contribution in [2.24, 2.45) is 0 Å². The molecule has 8 nitrogen and oxygen atoms in total. The number of aromatic amines is 1. The van der Waals surface area contributed by atoms with Gasteiger partial charge >= 0.3 is 0 Å². The number of hydrogen-bond acceptors (Lipinski definition) is 7. The van der Waals surface area contributed by atoms with Gasteiger partial charge in [-0.2, -0.15) is 5.10 Å². The van der Waals surface area contributed by atoms with Gasteiger partial charge in [-0.3, -0.25) is 10.00 Å². The number of phenols is 1. The number of aryl methyl sites for hydroxylation is 1. The smallest absolute Gasteiger partial charge is 0.169 e. The molecule has 2 fully saturated rings. The Bertz CT molecular complexity index is 1510. The number of aromatic nitrogens is 3. The molecule has 3 atom stereocenters. The molecule has 0 spiro atoms. The van der Waals surface area contributed by atoms with Gasteiger partial charge in [-0.1, -0.05) is 18.5 Å². The molecule has 2 saturated heterocycles. The molecule has 2 bridgehead atoms. The van der Waals surface area contributed by atoms with E-state index in [1.807, 2.05) is 6.92 Å². The first kappa shape index (κ1) is 24.2. The highest BCUT2D eigenvalue weighted by molar-refractivity contribution is 6.32. The number of pyridine rings is 1. The van der Waals surface area contributed by atoms with Crippen LogP contribution in [0.1, 0.15) is 25.5 Å². The zero-order chi connectivity index (χ0) is 25.8. The van der Waals surface area contributed by atoms with Crippen molar-refractivity contribution in [2.45, 2.75) is 44.8 Å². The molecule has 2 aromatic carbocycles. The third kappa shape index (κ3) is 3.88. The molecule has 2 aliphatic rings. The monoisotopic (exact) mass is 525 g/mol. The zero-order valence-electron chi connectivity index (χ0n) is 20.9. The lowest BCUT2D eigenvalue weighted by Gasteiger charge is -2.34. The fraction of sp³-hybridized carbons (Fsp3) is 0.407. The minimum absolute atomic E-state index is 0.0609. The van der Waals surface area contributed by atoms with E-state index < -0.39 is 5.82 Å². The largest absolute Gasteiger partial charge is 0.506 e. The number of methoxy groups -OCH3 is 1. The molecule has 37 heavy (non-hydrogen) atoms. The van der Waals surface area contributed by atoms with E-state index in [9.17, 15) is 5.11 Å². The van der Waals surface area contributed by atoms with Crippen LogP contribution in [0.15, 0.2) is 24.3 Å². The average molecular weight is 526 g/mol. The Morgan fingerprint density at radius 2 is 2.08 bits per heavy atom. The third-order valence-corrected chi connectivity index (χ3v) is 8.10. The molecule has 0 aliphatic carbocycles. The summed E-state index contributed by atoms with van der Waals surface area (Å²) in [5, 5.41) is 22.4. The fourth-order valence-corrected chi connectivity index (χ4v) is 6.34. The van der Waals surface area contributed by atoms with E-state index in [-0.39, 0.29) is 16.2 Å². The Morgan fingerprint density at radius 1 is 1.24 bits per heavy atom. The molecule has 6 rings (SSSR count). The Morgan fingerprint density at radius 3 is 2.84 bits per heavy atom. The second-order valence-corrected chi connectivity index (χ2v) is 10.1. The lowest BCUT2D eigenvalue weighted by Crippen LogP contribution is -2.51. The minimum Gasteiger partial charge on any atom is -0.506 e. The van der Waals surface area contributed by atoms with Crippen molar-refractivity contribution in [3.63, 3.8) is 0 Å². The van der Waals surface area contributed by atoms with Gasteiger partial charge in [-0.25, -0.2) is 9.37 Å². The fourth-order valence-electron chi connectivity index (χ4n) is 6.16. The quantitative estimate of drug-likeness (QED) is 0.319. The topological polar surface area (TPSA) is 95.5 Å². The van der Waals surface area contributed by atoms with Crippen LogP contribution in [0.3, 0.4) is 0 Å². The van der Waals surface area contributed by atoms with E-state index in [4.69, 9.17) is 21.1 Å². The number of likely N-dealkylation sites (N-methyl/N-ethyl adjacent to an activating group) is 1. The molecule has 3 N–H and O–H groups in total. The molecule has 4 heterocycles. The van der Waals surface area contributed by atoms with Gasteiger partial charge in [0.05, 0.1) is 35.5 Å². The van der Waals surface area contributed by atoms with Crippen LogP contribution in [0.2, 0.25) is 5.02 Å². The highest BCUT2D eigenvalue weighted by atomic mass is 35.5. The summed E-state index contributed by atoms with van der Waals surface area (Å²) in [6.07, 6.45) is 2.00. The average Bonchev–Trinajstić information content (AvgIpc) is 3.60. The van der Waals surface area contributed by atoms with Crippen LogP contribution in [-0.2, 0) is 0 Å². The number of nitrogens with one attached hydrogen (secondary N) is 2. The van der Waals surface area contributed by atoms with Crippen molar-refractivity contribution in [3.05, 3.63) is 40.8 Å². The predicted molar refractivity (Wildman–Crippen MR) is 141 cm³/mol. The van der Waals surface area contributed by atoms with E-state index in [0.717, 1.165) is 19.5 Å². The molecule has 0 amide bonds. The van der Waals surface area contributed by atoms with Gasteiger partial charge in [-0.05, 0) is 44.5 Å². The molecule has 4 aromatic rings. The molecule has 3 unspecified atom stereocenters. The maximum atomic E-state index is 15.9. The van der Waals surface area contributed by atoms with Crippen molar-refractivity contribution in [1.82, 2.24) is 25.4 Å². The summed E-state index contributed by atoms with van der Waals surface area (Å²) in [4.78, 5) is 7.22. The van der Waals surface area contributed by atoms with E-state index in [1.54, 1.807) is 19.2 Å². The van der Waals surface area contributed by atoms with Crippen LogP contribution in [-0.4, -0.2) is 70.1 Å². The normalized spacial score (nSPS) is 21.4. The number of aromatic hydroxyl groups is 1. The molecule has 0 saturated carbocycles. The minimum atomic E-state index is -0.489. The number of nitrogens with zero attached hydrogens (tertiary/aromatic N) is 3. The number of likely N-dealkylation sites (tertiary alicyclic amines) is 1. The number of rotatable bonds is 7. The van der Waals surface area contributed by atoms with E-state index in [2.05, 4.69) is 32.3 Å². The van der Waals surface area contributed by atoms with Crippen LogP contribution in [0.4, 0.5) is 4.39 Å². The summed E-state index contributed by atoms with van der Waals surface area (Å²) in [5.41, 5.74) is 2.08. The number of halogens is 2. The Kier molecular flexibility index (Phi) is 6.09. The number of H-pyrrole nitrogens is 1. The summed E-state index contributed by atoms with van der Waals surface area (Å²) in [7, 11) is 1.55. The van der Waals surface area contributed by atoms with Crippen LogP contribution < -0.4 is 14.8 Å². The third-order valence-electron chi connectivity index (χ3n) is 7.80. The summed E-state index contributed by atoms with van der Waals surface area (Å²) in [6, 6.07) is 7.51. The lowest BCUT2D eigenvalue weighted by molar-refractivity contribution is 0.136. The standard InChI is InChI=1S/C27H29ClFN5O3/c1-4-34-15-10-18(30-12-15)19(34)7-8-37-21-11-17(29)23-24(26(21)36-3)22-13(2)32-33-27(22)31-25(23)14-5-6-20(35)16(28)9-14/h5-6,9,11,15,18-19,30,35H,4,7-8,10,12H2,1-3H3,(H,31,32,33).